The first-order valence-corrected chi connectivity index (χ1v) is 7.06. The lowest BCUT2D eigenvalue weighted by Crippen LogP contribution is -2.36. The molecule has 0 aliphatic heterocycles. The highest BCUT2D eigenvalue weighted by atomic mass is 32.1. The Morgan fingerprint density at radius 1 is 1.40 bits per heavy atom. The average Bonchev–Trinajstić information content (AvgIpc) is 2.72. The lowest BCUT2D eigenvalue weighted by atomic mass is 9.71. The summed E-state index contributed by atoms with van der Waals surface area (Å²) in [5.41, 5.74) is 1.55. The first kappa shape index (κ1) is 11.2. The predicted octanol–water partition coefficient (Wildman–Crippen LogP) is 3.32. The molecule has 0 spiro atoms. The van der Waals surface area contributed by atoms with Gasteiger partial charge in [-0.2, -0.15) is 11.3 Å². The van der Waals surface area contributed by atoms with Crippen LogP contribution in [0.5, 0.6) is 0 Å². The number of rotatable bonds is 6. The maximum Gasteiger partial charge on any atom is -0.00178 e. The fourth-order valence-corrected chi connectivity index (χ4v) is 3.03. The lowest BCUT2D eigenvalue weighted by molar-refractivity contribution is 0.171. The molecule has 1 aliphatic rings. The third-order valence-corrected chi connectivity index (χ3v) is 4.22. The summed E-state index contributed by atoms with van der Waals surface area (Å²) in [6.45, 7) is 4.65. The monoisotopic (exact) mass is 223 g/mol. The third kappa shape index (κ3) is 3.05. The van der Waals surface area contributed by atoms with Crippen LogP contribution < -0.4 is 5.32 Å². The Morgan fingerprint density at radius 3 is 2.87 bits per heavy atom. The van der Waals surface area contributed by atoms with E-state index in [9.17, 15) is 0 Å². The van der Waals surface area contributed by atoms with E-state index >= 15 is 0 Å². The van der Waals surface area contributed by atoms with E-state index in [2.05, 4.69) is 29.1 Å². The van der Waals surface area contributed by atoms with Crippen molar-refractivity contribution in [1.29, 1.82) is 0 Å². The van der Waals surface area contributed by atoms with Gasteiger partial charge in [0.25, 0.3) is 0 Å². The first-order chi connectivity index (χ1) is 7.40. The molecule has 2 heteroatoms. The predicted molar refractivity (Wildman–Crippen MR) is 67.4 cm³/mol. The van der Waals surface area contributed by atoms with Crippen LogP contribution >= 0.6 is 11.3 Å². The second-order valence-electron chi connectivity index (χ2n) is 4.64. The Kier molecular flexibility index (Phi) is 4.21. The Balaban J connectivity index is 1.70. The van der Waals surface area contributed by atoms with Gasteiger partial charge in [-0.3, -0.25) is 0 Å². The van der Waals surface area contributed by atoms with Crippen LogP contribution in [0, 0.1) is 11.8 Å². The summed E-state index contributed by atoms with van der Waals surface area (Å²) in [4.78, 5) is 0. The minimum atomic E-state index is 0.941. The molecule has 0 radical (unpaired) electrons. The average molecular weight is 223 g/mol. The smallest absolute Gasteiger partial charge is 0.00178 e. The van der Waals surface area contributed by atoms with Crippen molar-refractivity contribution in [1.82, 2.24) is 5.32 Å². The molecule has 2 atom stereocenters. The second-order valence-corrected chi connectivity index (χ2v) is 5.42. The van der Waals surface area contributed by atoms with Crippen LogP contribution in [-0.2, 0) is 6.42 Å². The van der Waals surface area contributed by atoms with Crippen molar-refractivity contribution in [2.24, 2.45) is 11.8 Å². The SMILES string of the molecule is CCCNCC1CCC1Cc1ccsc1. The largest absolute Gasteiger partial charge is 0.316 e. The van der Waals surface area contributed by atoms with E-state index in [0.717, 1.165) is 11.8 Å². The molecule has 0 aromatic carbocycles. The van der Waals surface area contributed by atoms with Crippen LogP contribution in [0.4, 0.5) is 0 Å². The van der Waals surface area contributed by atoms with E-state index in [0.29, 0.717) is 0 Å². The highest BCUT2D eigenvalue weighted by Gasteiger charge is 2.30. The molecule has 84 valence electrons. The van der Waals surface area contributed by atoms with Crippen molar-refractivity contribution in [3.05, 3.63) is 22.4 Å². The van der Waals surface area contributed by atoms with Crippen LogP contribution in [0.2, 0.25) is 0 Å². The molecular weight excluding hydrogens is 202 g/mol. The molecule has 1 N–H and O–H groups in total. The molecular formula is C13H21NS. The summed E-state index contributed by atoms with van der Waals surface area (Å²) in [7, 11) is 0. The van der Waals surface area contributed by atoms with Crippen LogP contribution in [0.1, 0.15) is 31.7 Å². The van der Waals surface area contributed by atoms with Crippen molar-refractivity contribution in [3.63, 3.8) is 0 Å². The highest BCUT2D eigenvalue weighted by Crippen LogP contribution is 2.36. The van der Waals surface area contributed by atoms with Crippen LogP contribution in [-0.4, -0.2) is 13.1 Å². The molecule has 1 fully saturated rings. The van der Waals surface area contributed by atoms with Gasteiger partial charge in [-0.05, 0) is 73.0 Å². The van der Waals surface area contributed by atoms with E-state index in [1.165, 1.54) is 38.8 Å². The van der Waals surface area contributed by atoms with E-state index in [-0.39, 0.29) is 0 Å². The van der Waals surface area contributed by atoms with E-state index < -0.39 is 0 Å². The van der Waals surface area contributed by atoms with Gasteiger partial charge in [0.2, 0.25) is 0 Å². The van der Waals surface area contributed by atoms with E-state index in [1.807, 2.05) is 11.3 Å². The fraction of sp³-hybridized carbons (Fsp3) is 0.692. The Labute approximate surface area is 96.9 Å². The van der Waals surface area contributed by atoms with Crippen LogP contribution in [0.3, 0.4) is 0 Å². The summed E-state index contributed by atoms with van der Waals surface area (Å²) in [5, 5.41) is 8.04. The molecule has 1 aliphatic carbocycles. The number of hydrogen-bond donors (Lipinski definition) is 1. The maximum absolute atomic E-state index is 3.55. The number of nitrogens with one attached hydrogen (secondary N) is 1. The van der Waals surface area contributed by atoms with Gasteiger partial charge >= 0.3 is 0 Å². The fourth-order valence-electron chi connectivity index (χ4n) is 2.35. The molecule has 0 bridgehead atoms. The Morgan fingerprint density at radius 2 is 2.27 bits per heavy atom. The first-order valence-electron chi connectivity index (χ1n) is 6.12. The molecule has 1 aromatic heterocycles. The van der Waals surface area contributed by atoms with Crippen molar-refractivity contribution >= 4 is 11.3 Å². The van der Waals surface area contributed by atoms with Gasteiger partial charge in [-0.25, -0.2) is 0 Å². The second kappa shape index (κ2) is 5.66. The van der Waals surface area contributed by atoms with Crippen LogP contribution in [0.15, 0.2) is 16.8 Å². The quantitative estimate of drug-likeness (QED) is 0.730. The van der Waals surface area contributed by atoms with E-state index in [4.69, 9.17) is 0 Å². The third-order valence-electron chi connectivity index (χ3n) is 3.49. The van der Waals surface area contributed by atoms with Gasteiger partial charge in [-0.15, -0.1) is 0 Å². The summed E-state index contributed by atoms with van der Waals surface area (Å²) in [6, 6.07) is 2.28. The molecule has 1 saturated carbocycles. The molecule has 0 amide bonds. The summed E-state index contributed by atoms with van der Waals surface area (Å²) in [6.07, 6.45) is 5.43. The summed E-state index contributed by atoms with van der Waals surface area (Å²) < 4.78 is 0. The van der Waals surface area contributed by atoms with Crippen molar-refractivity contribution < 1.29 is 0 Å². The minimum absolute atomic E-state index is 0.941. The topological polar surface area (TPSA) is 12.0 Å². The van der Waals surface area contributed by atoms with Crippen LogP contribution in [0.25, 0.3) is 0 Å². The normalized spacial score (nSPS) is 25.1. The van der Waals surface area contributed by atoms with Gasteiger partial charge in [0.15, 0.2) is 0 Å². The maximum atomic E-state index is 3.55. The molecule has 1 heterocycles. The van der Waals surface area contributed by atoms with Gasteiger partial charge < -0.3 is 5.32 Å². The molecule has 0 saturated heterocycles. The highest BCUT2D eigenvalue weighted by molar-refractivity contribution is 7.07. The summed E-state index contributed by atoms with van der Waals surface area (Å²) >= 11 is 1.82. The van der Waals surface area contributed by atoms with Gasteiger partial charge in [0, 0.05) is 0 Å². The standard InChI is InChI=1S/C13H21NS/c1-2-6-14-9-13-4-3-12(13)8-11-5-7-15-10-11/h5,7,10,12-14H,2-4,6,8-9H2,1H3. The minimum Gasteiger partial charge on any atom is -0.316 e. The van der Waals surface area contributed by atoms with Gasteiger partial charge in [0.05, 0.1) is 0 Å². The zero-order valence-electron chi connectivity index (χ0n) is 9.54. The Hall–Kier alpha value is -0.340. The van der Waals surface area contributed by atoms with Crippen molar-refractivity contribution in [3.8, 4) is 0 Å². The summed E-state index contributed by atoms with van der Waals surface area (Å²) in [5.74, 6) is 1.89. The lowest BCUT2D eigenvalue weighted by Gasteiger charge is -2.37. The molecule has 1 aromatic rings. The van der Waals surface area contributed by atoms with Crippen molar-refractivity contribution in [2.75, 3.05) is 13.1 Å². The zero-order valence-corrected chi connectivity index (χ0v) is 10.4. The molecule has 15 heavy (non-hydrogen) atoms. The number of thiophene rings is 1. The van der Waals surface area contributed by atoms with Gasteiger partial charge in [0.1, 0.15) is 0 Å². The molecule has 1 nitrogen and oxygen atoms in total. The van der Waals surface area contributed by atoms with E-state index in [1.54, 1.807) is 5.56 Å². The van der Waals surface area contributed by atoms with Crippen molar-refractivity contribution in [2.45, 2.75) is 32.6 Å². The Bertz CT molecular complexity index is 268. The van der Waals surface area contributed by atoms with Gasteiger partial charge in [-0.1, -0.05) is 6.92 Å². The molecule has 2 unspecified atom stereocenters. The zero-order chi connectivity index (χ0) is 10.5. The molecule has 2 rings (SSSR count). The number of hydrogen-bond acceptors (Lipinski definition) is 2.